The van der Waals surface area contributed by atoms with Gasteiger partial charge in [0.05, 0.1) is 63.6 Å². The number of nitrogens with zero attached hydrogens (tertiary/aromatic N) is 8. The molecule has 5 atom stereocenters. The summed E-state index contributed by atoms with van der Waals surface area (Å²) in [7, 11) is 0. The zero-order valence-electron chi connectivity index (χ0n) is 76.9. The molecule has 23 heteroatoms. The van der Waals surface area contributed by atoms with Gasteiger partial charge in [-0.1, -0.05) is 315 Å². The van der Waals surface area contributed by atoms with Crippen molar-refractivity contribution in [3.8, 4) is 50.7 Å². The lowest BCUT2D eigenvalue weighted by Gasteiger charge is -2.29. The summed E-state index contributed by atoms with van der Waals surface area (Å²) in [4.78, 5) is 77.2. The number of rotatable bonds is 26. The minimum absolute atomic E-state index is 0.132. The monoisotopic (exact) mass is 1860 g/mol. The van der Waals surface area contributed by atoms with Crippen LogP contribution in [-0.2, 0) is 0 Å². The molecule has 15 aromatic carbocycles. The van der Waals surface area contributed by atoms with Crippen LogP contribution in [0.2, 0.25) is 0 Å². The molecule has 1 aliphatic heterocycles. The number of para-hydroxylation sites is 6. The molecule has 6 aromatic heterocycles. The molecule has 0 aliphatic carbocycles. The highest BCUT2D eigenvalue weighted by Gasteiger charge is 2.34. The van der Waals surface area contributed by atoms with Crippen molar-refractivity contribution in [2.75, 3.05) is 50.7 Å². The number of piperidine rings is 1. The van der Waals surface area contributed by atoms with Crippen molar-refractivity contribution < 1.29 is 29.0 Å². The fraction of sp³-hybridized carbons (Fsp3) is 0.127. The molecule has 5 unspecified atom stereocenters. The van der Waals surface area contributed by atoms with Gasteiger partial charge in [0, 0.05) is 116 Å². The van der Waals surface area contributed by atoms with Crippen molar-refractivity contribution >= 4 is 71.0 Å². The average molecular weight is 1860 g/mol. The summed E-state index contributed by atoms with van der Waals surface area (Å²) in [5.41, 5.74) is 23.8. The van der Waals surface area contributed by atoms with Crippen LogP contribution in [0.1, 0.15) is 105 Å². The zero-order valence-corrected chi connectivity index (χ0v) is 76.9. The van der Waals surface area contributed by atoms with E-state index in [9.17, 15) is 55.0 Å². The summed E-state index contributed by atoms with van der Waals surface area (Å²) in [6, 6.07) is 134. The van der Waals surface area contributed by atoms with E-state index >= 15 is 0 Å². The summed E-state index contributed by atoms with van der Waals surface area (Å²) in [6.45, 7) is 1.29. The summed E-state index contributed by atoms with van der Waals surface area (Å²) < 4.78 is 15.5. The first-order valence-corrected chi connectivity index (χ1v) is 47.0. The van der Waals surface area contributed by atoms with Crippen molar-refractivity contribution in [1.29, 1.82) is 0 Å². The maximum absolute atomic E-state index is 13.4. The molecule has 4 N–H and O–H groups in total. The van der Waals surface area contributed by atoms with Gasteiger partial charge in [-0.15, -0.1) is 0 Å². The molecule has 1 fully saturated rings. The van der Waals surface area contributed by atoms with E-state index in [1.807, 2.05) is 316 Å². The van der Waals surface area contributed by atoms with Crippen molar-refractivity contribution in [3.05, 3.63) is 537 Å². The lowest BCUT2D eigenvalue weighted by molar-refractivity contribution is -0.481. The highest BCUT2D eigenvalue weighted by molar-refractivity contribution is 5.97. The van der Waals surface area contributed by atoms with Gasteiger partial charge in [0.1, 0.15) is 5.82 Å². The van der Waals surface area contributed by atoms with E-state index in [0.29, 0.717) is 5.69 Å². The van der Waals surface area contributed by atoms with Gasteiger partial charge in [-0.2, -0.15) is 0 Å². The number of hydrogen-bond donors (Lipinski definition) is 4. The molecule has 7 heterocycles. The number of nitro groups is 5. The Kier molecular flexibility index (Phi) is 29.1. The van der Waals surface area contributed by atoms with Crippen LogP contribution in [0.15, 0.2) is 425 Å². The predicted molar refractivity (Wildman–Crippen MR) is 560 cm³/mol. The molecule has 0 radical (unpaired) electrons. The second-order valence-corrected chi connectivity index (χ2v) is 34.9. The van der Waals surface area contributed by atoms with Gasteiger partial charge in [0.15, 0.2) is 0 Å². The van der Waals surface area contributed by atoms with Crippen molar-refractivity contribution in [2.24, 2.45) is 0 Å². The van der Waals surface area contributed by atoms with Gasteiger partial charge in [0.2, 0.25) is 32.7 Å². The van der Waals surface area contributed by atoms with Crippen molar-refractivity contribution in [3.63, 3.8) is 0 Å². The average Bonchev–Trinajstić information content (AvgIpc) is 1.71. The quantitative estimate of drug-likeness (QED) is 0.0291. The summed E-state index contributed by atoms with van der Waals surface area (Å²) in [5, 5.41) is 65.0. The fourth-order valence-corrected chi connectivity index (χ4v) is 19.7. The number of halogens is 1. The third-order valence-electron chi connectivity index (χ3n) is 26.2. The van der Waals surface area contributed by atoms with E-state index in [1.54, 1.807) is 18.3 Å². The van der Waals surface area contributed by atoms with Gasteiger partial charge in [-0.25, -0.2) is 4.39 Å². The van der Waals surface area contributed by atoms with E-state index < -0.39 is 11.8 Å². The van der Waals surface area contributed by atoms with Crippen LogP contribution in [0, 0.1) is 56.4 Å². The SMILES string of the molecule is O=[N+]([O-])CC(c1ccc(N2CCCCC2)cc1)c1c(-c2ccccc2)[nH]c2ccccc12.O=[N+]([O-])CC(c1ccccc1)c1c(-c2ccc(F)cc2)[nH]c2ccccc12.O=[N+]([O-])CC(c1ccccc1)c1c(-c2ccc3ccccc3c2)[nH]c2ccccc12.O=[N+]([O-])CC(c1ccccc1)c1cn(-c2ccccc2)c2ccccc12.O=[N+]([O-])CC(c1ccccn1)c1c(-c2ccccc2)[nH]c2ccccc12. The minimum Gasteiger partial charge on any atom is -0.372 e. The molecular weight excluding hydrogens is 1760 g/mol. The lowest BCUT2D eigenvalue weighted by atomic mass is 9.87. The van der Waals surface area contributed by atoms with E-state index in [0.717, 1.165) is 174 Å². The Morgan fingerprint density at radius 1 is 0.291 bits per heavy atom. The molecule has 141 heavy (non-hydrogen) atoms. The van der Waals surface area contributed by atoms with Gasteiger partial charge >= 0.3 is 0 Å². The number of fused-ring (bicyclic) bond motifs is 6. The lowest BCUT2D eigenvalue weighted by Crippen LogP contribution is -2.29. The number of benzene rings is 15. The third kappa shape index (κ3) is 21.7. The number of hydrogen-bond acceptors (Lipinski definition) is 12. The Morgan fingerprint density at radius 2 is 0.624 bits per heavy atom. The molecule has 21 aromatic rings. The van der Waals surface area contributed by atoms with Gasteiger partial charge < -0.3 is 29.4 Å². The number of aromatic nitrogens is 6. The topological polar surface area (TPSA) is 300 Å². The molecule has 698 valence electrons. The van der Waals surface area contributed by atoms with E-state index in [1.165, 1.54) is 42.5 Å². The Bertz CT molecular complexity index is 7890. The molecule has 22 rings (SSSR count). The summed E-state index contributed by atoms with van der Waals surface area (Å²) in [5.74, 6) is -2.15. The van der Waals surface area contributed by atoms with Crippen LogP contribution in [0.25, 0.3) is 116 Å². The van der Waals surface area contributed by atoms with Crippen LogP contribution in [0.4, 0.5) is 10.1 Å². The minimum atomic E-state index is -0.433. The maximum Gasteiger partial charge on any atom is 0.216 e. The normalized spacial score (nSPS) is 12.8. The van der Waals surface area contributed by atoms with Crippen molar-refractivity contribution in [2.45, 2.75) is 48.9 Å². The standard InChI is InChI=1S/C27H27N3O2.C26H20N2O2.C22H17FN2O2.C22H18N2O2.C21H17N3O2/c31-30(32)19-24(20-13-15-22(16-14-20)29-17-7-2-8-18-29)26-23-11-5-6-12-25(23)28-27(26)21-9-3-1-4-10-21;29-28(30)17-23(19-9-2-1-3-10-19)25-22-12-6-7-13-24(22)27-26(25)21-15-14-18-8-4-5-11-20(18)16-21;23-17-12-10-16(11-13-17)22-21(18-8-4-5-9-20(18)24-22)19(14-25(26)27)15-6-2-1-3-7-15;25-24(26)16-20(17-9-3-1-4-10-17)21-15-23(18-11-5-2-6-12-18)22-14-8-7-13-19(21)22;25-24(26)14-17(18-11-6-7-13-22-18)20-16-10-4-5-12-19(16)23-21(20)15-8-2-1-3-9-15/h1,3-6,9-16,24,28H,2,7-8,17-19H2;1-16,23,27H,17H2;1-13,19,24H,14H2;1-15,20H,16H2;1-13,17,23H,14H2. The van der Waals surface area contributed by atoms with Crippen LogP contribution in [0.3, 0.4) is 0 Å². The molecule has 1 saturated heterocycles. The van der Waals surface area contributed by atoms with Crippen molar-refractivity contribution in [1.82, 2.24) is 29.5 Å². The first-order valence-electron chi connectivity index (χ1n) is 47.0. The molecule has 0 spiro atoms. The highest BCUT2D eigenvalue weighted by atomic mass is 19.1. The Hall–Kier alpha value is -17.9. The number of aromatic amines is 4. The second-order valence-electron chi connectivity index (χ2n) is 34.9. The van der Waals surface area contributed by atoms with Gasteiger partial charge in [-0.3, -0.25) is 55.6 Å². The van der Waals surface area contributed by atoms with Crippen LogP contribution >= 0.6 is 0 Å². The number of pyridine rings is 1. The Morgan fingerprint density at radius 3 is 1.06 bits per heavy atom. The smallest absolute Gasteiger partial charge is 0.216 e. The maximum atomic E-state index is 13.4. The Labute approximate surface area is 811 Å². The first kappa shape index (κ1) is 93.5. The number of nitrogens with one attached hydrogen (secondary N) is 4. The number of anilines is 1. The fourth-order valence-electron chi connectivity index (χ4n) is 19.7. The van der Waals surface area contributed by atoms with E-state index in [-0.39, 0.29) is 80.9 Å². The molecule has 0 bridgehead atoms. The highest BCUT2D eigenvalue weighted by Crippen LogP contribution is 2.46. The van der Waals surface area contributed by atoms with Crippen LogP contribution in [0.5, 0.6) is 0 Å². The molecular formula is C118H99FN12O10. The summed E-state index contributed by atoms with van der Waals surface area (Å²) >= 11 is 0. The summed E-state index contributed by atoms with van der Waals surface area (Å²) in [6.07, 6.45) is 7.46. The first-order chi connectivity index (χ1) is 69.0. The second kappa shape index (κ2) is 43.9. The zero-order chi connectivity index (χ0) is 97.1. The van der Waals surface area contributed by atoms with Crippen LogP contribution in [-0.4, -0.2) is 99.9 Å². The van der Waals surface area contributed by atoms with E-state index in [4.69, 9.17) is 0 Å². The predicted octanol–water partition coefficient (Wildman–Crippen LogP) is 27.7. The molecule has 0 saturated carbocycles. The largest absolute Gasteiger partial charge is 0.372 e. The molecule has 0 amide bonds. The molecule has 22 nitrogen and oxygen atoms in total. The van der Waals surface area contributed by atoms with Gasteiger partial charge in [0.25, 0.3) is 0 Å². The Balaban J connectivity index is 0.000000117. The number of H-pyrrole nitrogens is 4. The van der Waals surface area contributed by atoms with Crippen LogP contribution < -0.4 is 4.90 Å². The third-order valence-corrected chi connectivity index (χ3v) is 26.2. The molecule has 1 aliphatic rings. The van der Waals surface area contributed by atoms with Gasteiger partial charge in [-0.05, 0) is 194 Å². The van der Waals surface area contributed by atoms with E-state index in [2.05, 4.69) is 113 Å².